The first-order valence-corrected chi connectivity index (χ1v) is 10.5. The maximum atomic E-state index is 12.4. The van der Waals surface area contributed by atoms with Gasteiger partial charge in [0.25, 0.3) is 0 Å². The van der Waals surface area contributed by atoms with E-state index in [0.29, 0.717) is 5.92 Å². The van der Waals surface area contributed by atoms with Crippen LogP contribution < -0.4 is 10.6 Å². The monoisotopic (exact) mass is 402 g/mol. The summed E-state index contributed by atoms with van der Waals surface area (Å²) in [5.74, 6) is 0.262. The summed E-state index contributed by atoms with van der Waals surface area (Å²) in [4.78, 5) is 24.6. The summed E-state index contributed by atoms with van der Waals surface area (Å²) in [5, 5.41) is 7.85. The van der Waals surface area contributed by atoms with E-state index in [1.807, 2.05) is 49.4 Å². The van der Waals surface area contributed by atoms with Crippen molar-refractivity contribution in [3.63, 3.8) is 0 Å². The summed E-state index contributed by atoms with van der Waals surface area (Å²) >= 11 is 0. The zero-order valence-corrected chi connectivity index (χ0v) is 17.9. The normalized spacial score (nSPS) is 12.0. The molecule has 2 amide bonds. The fourth-order valence-corrected chi connectivity index (χ4v) is 3.65. The molecule has 0 aliphatic heterocycles. The fourth-order valence-electron chi connectivity index (χ4n) is 3.65. The highest BCUT2D eigenvalue weighted by molar-refractivity contribution is 5.91. The second-order valence-electron chi connectivity index (χ2n) is 8.22. The number of hydrogen-bond donors (Lipinski definition) is 2. The third-order valence-corrected chi connectivity index (χ3v) is 5.18. The van der Waals surface area contributed by atoms with E-state index < -0.39 is 0 Å². The lowest BCUT2D eigenvalue weighted by atomic mass is 10.00. The first-order valence-electron chi connectivity index (χ1n) is 10.5. The van der Waals surface area contributed by atoms with Gasteiger partial charge in [-0.15, -0.1) is 0 Å². The maximum absolute atomic E-state index is 12.4. The highest BCUT2D eigenvalue weighted by Gasteiger charge is 2.12. The van der Waals surface area contributed by atoms with Crippen LogP contribution in [0.2, 0.25) is 0 Å². The molecule has 3 rings (SSSR count). The Morgan fingerprint density at radius 3 is 2.27 bits per heavy atom. The molecular weight excluding hydrogens is 372 g/mol. The standard InChI is InChI=1S/C26H30N2O2/c1-18(2)15-20-11-13-21(14-12-20)19(3)28-26(30)17-27-25(29)16-23-9-6-8-22-7-4-5-10-24(22)23/h4-14,18-19H,15-17H2,1-3H3,(H,27,29)(H,28,30). The Kier molecular flexibility index (Phi) is 7.23. The van der Waals surface area contributed by atoms with Gasteiger partial charge in [0.05, 0.1) is 19.0 Å². The quantitative estimate of drug-likeness (QED) is 0.580. The number of carbonyl (C=O) groups excluding carboxylic acids is 2. The van der Waals surface area contributed by atoms with Gasteiger partial charge >= 0.3 is 0 Å². The highest BCUT2D eigenvalue weighted by Crippen LogP contribution is 2.19. The van der Waals surface area contributed by atoms with Crippen LogP contribution in [0.1, 0.15) is 43.5 Å². The molecule has 4 nitrogen and oxygen atoms in total. The molecule has 0 aromatic heterocycles. The van der Waals surface area contributed by atoms with E-state index in [9.17, 15) is 9.59 Å². The zero-order valence-electron chi connectivity index (χ0n) is 17.9. The van der Waals surface area contributed by atoms with Crippen molar-refractivity contribution in [3.8, 4) is 0 Å². The summed E-state index contributed by atoms with van der Waals surface area (Å²) in [6.45, 7) is 6.32. The van der Waals surface area contributed by atoms with Crippen LogP contribution in [0.15, 0.2) is 66.7 Å². The average Bonchev–Trinajstić information content (AvgIpc) is 2.72. The Morgan fingerprint density at radius 2 is 1.53 bits per heavy atom. The van der Waals surface area contributed by atoms with Gasteiger partial charge in [-0.25, -0.2) is 0 Å². The molecule has 1 atom stereocenters. The lowest BCUT2D eigenvalue weighted by Gasteiger charge is -2.16. The van der Waals surface area contributed by atoms with Crippen molar-refractivity contribution in [1.82, 2.24) is 10.6 Å². The Morgan fingerprint density at radius 1 is 0.833 bits per heavy atom. The molecule has 0 aliphatic rings. The Labute approximate surface area is 178 Å². The van der Waals surface area contributed by atoms with E-state index in [1.54, 1.807) is 0 Å². The van der Waals surface area contributed by atoms with E-state index in [0.717, 1.165) is 28.3 Å². The molecule has 3 aromatic carbocycles. The zero-order chi connectivity index (χ0) is 21.5. The maximum Gasteiger partial charge on any atom is 0.239 e. The fraction of sp³-hybridized carbons (Fsp3) is 0.308. The number of fused-ring (bicyclic) bond motifs is 1. The molecule has 30 heavy (non-hydrogen) atoms. The minimum Gasteiger partial charge on any atom is -0.348 e. The molecule has 0 saturated heterocycles. The predicted octanol–water partition coefficient (Wildman–Crippen LogP) is 4.57. The lowest BCUT2D eigenvalue weighted by molar-refractivity contribution is -0.126. The van der Waals surface area contributed by atoms with Crippen molar-refractivity contribution in [2.45, 2.75) is 39.7 Å². The number of amides is 2. The Bertz CT molecular complexity index is 1000. The van der Waals surface area contributed by atoms with Crippen LogP contribution in [-0.4, -0.2) is 18.4 Å². The summed E-state index contributed by atoms with van der Waals surface area (Å²) in [5.41, 5.74) is 3.31. The van der Waals surface area contributed by atoms with Gasteiger partial charge < -0.3 is 10.6 Å². The molecule has 0 saturated carbocycles. The number of hydrogen-bond acceptors (Lipinski definition) is 2. The van der Waals surface area contributed by atoms with Crippen molar-refractivity contribution in [3.05, 3.63) is 83.4 Å². The molecule has 4 heteroatoms. The van der Waals surface area contributed by atoms with Gasteiger partial charge in [0, 0.05) is 0 Å². The van der Waals surface area contributed by atoms with Crippen molar-refractivity contribution in [2.75, 3.05) is 6.54 Å². The first-order chi connectivity index (χ1) is 14.4. The average molecular weight is 403 g/mol. The minimum atomic E-state index is -0.194. The molecule has 0 spiro atoms. The largest absolute Gasteiger partial charge is 0.348 e. The van der Waals surface area contributed by atoms with Gasteiger partial charge in [0.1, 0.15) is 0 Å². The van der Waals surface area contributed by atoms with E-state index in [1.165, 1.54) is 5.56 Å². The van der Waals surface area contributed by atoms with Crippen LogP contribution >= 0.6 is 0 Å². The highest BCUT2D eigenvalue weighted by atomic mass is 16.2. The van der Waals surface area contributed by atoms with Crippen LogP contribution in [0.25, 0.3) is 10.8 Å². The number of nitrogens with one attached hydrogen (secondary N) is 2. The van der Waals surface area contributed by atoms with Crippen molar-refractivity contribution in [2.24, 2.45) is 5.92 Å². The van der Waals surface area contributed by atoms with Gasteiger partial charge in [-0.05, 0) is 46.7 Å². The van der Waals surface area contributed by atoms with E-state index in [-0.39, 0.29) is 30.8 Å². The Hall–Kier alpha value is -3.14. The summed E-state index contributed by atoms with van der Waals surface area (Å²) in [6, 6.07) is 22.2. The molecule has 0 aliphatic carbocycles. The Balaban J connectivity index is 1.49. The van der Waals surface area contributed by atoms with Crippen molar-refractivity contribution in [1.29, 1.82) is 0 Å². The van der Waals surface area contributed by atoms with E-state index in [4.69, 9.17) is 0 Å². The van der Waals surface area contributed by atoms with Crippen LogP contribution in [0.4, 0.5) is 0 Å². The summed E-state index contributed by atoms with van der Waals surface area (Å²) < 4.78 is 0. The first kappa shape index (κ1) is 21.6. The SMILES string of the molecule is CC(C)Cc1ccc(C(C)NC(=O)CNC(=O)Cc2cccc3ccccc23)cc1. The third-order valence-electron chi connectivity index (χ3n) is 5.18. The van der Waals surface area contributed by atoms with Gasteiger partial charge in [0.2, 0.25) is 11.8 Å². The topological polar surface area (TPSA) is 58.2 Å². The van der Waals surface area contributed by atoms with Crippen LogP contribution in [0, 0.1) is 5.92 Å². The summed E-state index contributed by atoms with van der Waals surface area (Å²) in [7, 11) is 0. The van der Waals surface area contributed by atoms with E-state index >= 15 is 0 Å². The molecular formula is C26H30N2O2. The van der Waals surface area contributed by atoms with Gasteiger partial charge in [-0.3, -0.25) is 9.59 Å². The third kappa shape index (κ3) is 5.93. The molecule has 1 unspecified atom stereocenters. The van der Waals surface area contributed by atoms with Gasteiger partial charge in [-0.2, -0.15) is 0 Å². The minimum absolute atomic E-state index is 0.0284. The van der Waals surface area contributed by atoms with Crippen LogP contribution in [-0.2, 0) is 22.4 Å². The molecule has 3 aromatic rings. The van der Waals surface area contributed by atoms with Gasteiger partial charge in [-0.1, -0.05) is 80.6 Å². The predicted molar refractivity (Wildman–Crippen MR) is 122 cm³/mol. The van der Waals surface area contributed by atoms with Crippen molar-refractivity contribution < 1.29 is 9.59 Å². The molecule has 0 heterocycles. The number of rotatable bonds is 8. The number of carbonyl (C=O) groups is 2. The molecule has 0 bridgehead atoms. The lowest BCUT2D eigenvalue weighted by Crippen LogP contribution is -2.38. The van der Waals surface area contributed by atoms with Crippen LogP contribution in [0.5, 0.6) is 0 Å². The molecule has 0 radical (unpaired) electrons. The second-order valence-corrected chi connectivity index (χ2v) is 8.22. The summed E-state index contributed by atoms with van der Waals surface area (Å²) in [6.07, 6.45) is 1.30. The molecule has 156 valence electrons. The van der Waals surface area contributed by atoms with E-state index in [2.05, 4.69) is 48.7 Å². The van der Waals surface area contributed by atoms with Crippen LogP contribution in [0.3, 0.4) is 0 Å². The number of benzene rings is 3. The molecule has 2 N–H and O–H groups in total. The van der Waals surface area contributed by atoms with Gasteiger partial charge in [0.15, 0.2) is 0 Å². The second kappa shape index (κ2) is 10.1. The molecule has 0 fully saturated rings. The smallest absolute Gasteiger partial charge is 0.239 e. The van der Waals surface area contributed by atoms with Crippen molar-refractivity contribution >= 4 is 22.6 Å².